The molecule has 1 aromatic heterocycles. The number of nitrogens with one attached hydrogen (secondary N) is 2. The van der Waals surface area contributed by atoms with E-state index in [1.54, 1.807) is 11.3 Å². The average molecular weight is 332 g/mol. The molecule has 2 rings (SSSR count). The van der Waals surface area contributed by atoms with Gasteiger partial charge in [-0.15, -0.1) is 11.3 Å². The fourth-order valence-electron chi connectivity index (χ4n) is 2.39. The molecule has 124 valence electrons. The lowest BCUT2D eigenvalue weighted by molar-refractivity contribution is -0.125. The van der Waals surface area contributed by atoms with Crippen LogP contribution in [0.2, 0.25) is 0 Å². The quantitative estimate of drug-likeness (QED) is 0.718. The van der Waals surface area contributed by atoms with E-state index in [2.05, 4.69) is 15.6 Å². The van der Waals surface area contributed by atoms with E-state index in [9.17, 15) is 4.79 Å². The van der Waals surface area contributed by atoms with Crippen LogP contribution in [0, 0.1) is 12.3 Å². The highest BCUT2D eigenvalue weighted by molar-refractivity contribution is 7.13. The minimum atomic E-state index is -0.491. The van der Waals surface area contributed by atoms with Gasteiger partial charge in [-0.05, 0) is 44.0 Å². The second kappa shape index (κ2) is 7.57. The van der Waals surface area contributed by atoms with Crippen molar-refractivity contribution in [2.45, 2.75) is 33.6 Å². The van der Waals surface area contributed by atoms with Gasteiger partial charge in [-0.2, -0.15) is 0 Å². The molecule has 1 aromatic carbocycles. The Balaban J connectivity index is 2.03. The topological polar surface area (TPSA) is 80.0 Å². The van der Waals surface area contributed by atoms with Crippen LogP contribution >= 0.6 is 11.3 Å². The Morgan fingerprint density at radius 3 is 2.30 bits per heavy atom. The Kier molecular flexibility index (Phi) is 5.74. The molecule has 0 radical (unpaired) electrons. The van der Waals surface area contributed by atoms with Gasteiger partial charge in [0.15, 0.2) is 5.13 Å². The predicted molar refractivity (Wildman–Crippen MR) is 97.3 cm³/mol. The van der Waals surface area contributed by atoms with Crippen molar-refractivity contribution < 1.29 is 4.79 Å². The van der Waals surface area contributed by atoms with Gasteiger partial charge in [-0.3, -0.25) is 4.79 Å². The van der Waals surface area contributed by atoms with E-state index in [0.29, 0.717) is 6.54 Å². The van der Waals surface area contributed by atoms with Crippen LogP contribution < -0.4 is 16.4 Å². The van der Waals surface area contributed by atoms with Gasteiger partial charge in [0.2, 0.25) is 5.91 Å². The van der Waals surface area contributed by atoms with Crippen LogP contribution in [0.4, 0.5) is 16.5 Å². The number of amides is 1. The summed E-state index contributed by atoms with van der Waals surface area (Å²) < 4.78 is 0. The summed E-state index contributed by atoms with van der Waals surface area (Å²) in [5.41, 5.74) is 8.04. The number of carbonyl (C=O) groups is 1. The molecule has 0 bridgehead atoms. The Morgan fingerprint density at radius 1 is 1.22 bits per heavy atom. The summed E-state index contributed by atoms with van der Waals surface area (Å²) in [6.45, 7) is 6.32. The van der Waals surface area contributed by atoms with E-state index >= 15 is 0 Å². The minimum absolute atomic E-state index is 0.0127. The molecule has 5 nitrogen and oxygen atoms in total. The number of hydrogen-bond donors (Lipinski definition) is 3. The number of rotatable bonds is 7. The van der Waals surface area contributed by atoms with Gasteiger partial charge in [0.1, 0.15) is 0 Å². The maximum absolute atomic E-state index is 12.5. The third-order valence-corrected chi connectivity index (χ3v) is 5.11. The van der Waals surface area contributed by atoms with E-state index in [1.807, 2.05) is 50.4 Å². The molecular formula is C17H24N4OS. The van der Waals surface area contributed by atoms with Crippen LogP contribution in [-0.2, 0) is 4.79 Å². The number of aromatic nitrogens is 1. The molecule has 0 spiro atoms. The molecule has 0 atom stereocenters. The van der Waals surface area contributed by atoms with Gasteiger partial charge >= 0.3 is 0 Å². The second-order valence-electron chi connectivity index (χ2n) is 5.64. The number of anilines is 3. The van der Waals surface area contributed by atoms with Gasteiger partial charge < -0.3 is 16.4 Å². The first kappa shape index (κ1) is 17.4. The summed E-state index contributed by atoms with van der Waals surface area (Å²) >= 11 is 1.57. The van der Waals surface area contributed by atoms with Crippen molar-refractivity contribution in [3.63, 3.8) is 0 Å². The Hall–Kier alpha value is -1.92. The molecule has 0 unspecified atom stereocenters. The maximum Gasteiger partial charge on any atom is 0.231 e. The zero-order valence-corrected chi connectivity index (χ0v) is 14.7. The minimum Gasteiger partial charge on any atom is -0.332 e. The van der Waals surface area contributed by atoms with Crippen molar-refractivity contribution in [2.75, 3.05) is 17.2 Å². The van der Waals surface area contributed by atoms with Gasteiger partial charge in [-0.1, -0.05) is 13.8 Å². The monoisotopic (exact) mass is 332 g/mol. The molecule has 0 aliphatic carbocycles. The fraction of sp³-hybridized carbons (Fsp3) is 0.412. The van der Waals surface area contributed by atoms with Crippen molar-refractivity contribution in [2.24, 2.45) is 11.1 Å². The maximum atomic E-state index is 12.5. The number of hydrogen-bond acceptors (Lipinski definition) is 5. The van der Waals surface area contributed by atoms with E-state index in [4.69, 9.17) is 5.73 Å². The average Bonchev–Trinajstić information content (AvgIpc) is 2.96. The third-order valence-electron chi connectivity index (χ3n) is 4.24. The summed E-state index contributed by atoms with van der Waals surface area (Å²) in [4.78, 5) is 16.9. The Morgan fingerprint density at radius 2 is 1.83 bits per heavy atom. The molecule has 4 N–H and O–H groups in total. The number of aryl methyl sites for hydroxylation is 1. The first-order chi connectivity index (χ1) is 11.0. The van der Waals surface area contributed by atoms with Gasteiger partial charge in [-0.25, -0.2) is 4.98 Å². The van der Waals surface area contributed by atoms with Gasteiger partial charge in [0, 0.05) is 23.3 Å². The summed E-state index contributed by atoms with van der Waals surface area (Å²) in [6, 6.07) is 7.61. The lowest BCUT2D eigenvalue weighted by Gasteiger charge is -2.28. The van der Waals surface area contributed by atoms with Crippen molar-refractivity contribution in [3.05, 3.63) is 35.3 Å². The highest BCUT2D eigenvalue weighted by Crippen LogP contribution is 2.27. The summed E-state index contributed by atoms with van der Waals surface area (Å²) in [5, 5.41) is 9.07. The van der Waals surface area contributed by atoms with Gasteiger partial charge in [0.05, 0.1) is 11.1 Å². The molecule has 1 amide bonds. The molecule has 0 aliphatic rings. The fourth-order valence-corrected chi connectivity index (χ4v) is 3.10. The molecule has 0 fully saturated rings. The van der Waals surface area contributed by atoms with E-state index in [0.717, 1.165) is 35.0 Å². The van der Waals surface area contributed by atoms with Crippen LogP contribution in [0.1, 0.15) is 32.4 Å². The van der Waals surface area contributed by atoms with Crippen LogP contribution in [-0.4, -0.2) is 17.4 Å². The Labute approximate surface area is 141 Å². The lowest BCUT2D eigenvalue weighted by Crippen LogP contribution is -2.41. The first-order valence-electron chi connectivity index (χ1n) is 7.83. The first-order valence-corrected chi connectivity index (χ1v) is 8.71. The lowest BCUT2D eigenvalue weighted by atomic mass is 9.81. The molecule has 2 aromatic rings. The second-order valence-corrected chi connectivity index (χ2v) is 6.50. The van der Waals surface area contributed by atoms with Crippen molar-refractivity contribution in [1.82, 2.24) is 4.98 Å². The molecule has 0 aliphatic heterocycles. The van der Waals surface area contributed by atoms with Crippen molar-refractivity contribution in [3.8, 4) is 0 Å². The zero-order chi connectivity index (χ0) is 16.9. The SMILES string of the molecule is CCC(CC)(CN)C(=O)Nc1ccc(Nc2nc(C)cs2)cc1. The van der Waals surface area contributed by atoms with Crippen LogP contribution in [0.15, 0.2) is 29.6 Å². The number of benzene rings is 1. The highest BCUT2D eigenvalue weighted by atomic mass is 32.1. The Bertz CT molecular complexity index is 639. The van der Waals surface area contributed by atoms with Crippen LogP contribution in [0.25, 0.3) is 0 Å². The molecule has 0 saturated heterocycles. The molecule has 6 heteroatoms. The van der Waals surface area contributed by atoms with Crippen LogP contribution in [0.3, 0.4) is 0 Å². The smallest absolute Gasteiger partial charge is 0.231 e. The van der Waals surface area contributed by atoms with Gasteiger partial charge in [0.25, 0.3) is 0 Å². The molecule has 1 heterocycles. The number of nitrogens with two attached hydrogens (primary N) is 1. The summed E-state index contributed by atoms with van der Waals surface area (Å²) in [7, 11) is 0. The van der Waals surface area contributed by atoms with Crippen LogP contribution in [0.5, 0.6) is 0 Å². The largest absolute Gasteiger partial charge is 0.332 e. The number of thiazole rings is 1. The third kappa shape index (κ3) is 4.09. The molecule has 23 heavy (non-hydrogen) atoms. The number of nitrogens with zero attached hydrogens (tertiary/aromatic N) is 1. The summed E-state index contributed by atoms with van der Waals surface area (Å²) in [5.74, 6) is -0.0127. The molecular weight excluding hydrogens is 308 g/mol. The standard InChI is InChI=1S/C17H24N4OS/c1-4-17(5-2,11-18)15(22)20-13-6-8-14(9-7-13)21-16-19-12(3)10-23-16/h6-10H,4-5,11,18H2,1-3H3,(H,19,21)(H,20,22). The number of carbonyl (C=O) groups excluding carboxylic acids is 1. The van der Waals surface area contributed by atoms with E-state index in [-0.39, 0.29) is 5.91 Å². The predicted octanol–water partition coefficient (Wildman–Crippen LogP) is 3.90. The van der Waals surface area contributed by atoms with E-state index < -0.39 is 5.41 Å². The van der Waals surface area contributed by atoms with Crippen molar-refractivity contribution >= 4 is 33.8 Å². The normalized spacial score (nSPS) is 11.3. The highest BCUT2D eigenvalue weighted by Gasteiger charge is 2.33. The van der Waals surface area contributed by atoms with E-state index in [1.165, 1.54) is 0 Å². The van der Waals surface area contributed by atoms with Crippen molar-refractivity contribution in [1.29, 1.82) is 0 Å². The summed E-state index contributed by atoms with van der Waals surface area (Å²) in [6.07, 6.45) is 1.46. The zero-order valence-electron chi connectivity index (χ0n) is 13.8. The molecule has 0 saturated carbocycles.